The molecule has 0 fully saturated rings. The summed E-state index contributed by atoms with van der Waals surface area (Å²) in [6.45, 7) is -0.215. The van der Waals surface area contributed by atoms with Crippen LogP contribution >= 0.6 is 11.6 Å². The van der Waals surface area contributed by atoms with Crippen molar-refractivity contribution in [1.82, 2.24) is 24.4 Å². The van der Waals surface area contributed by atoms with Crippen LogP contribution in [0.2, 0.25) is 5.02 Å². The van der Waals surface area contributed by atoms with Gasteiger partial charge >= 0.3 is 0 Å². The van der Waals surface area contributed by atoms with Crippen molar-refractivity contribution < 1.29 is 9.21 Å². The Kier molecular flexibility index (Phi) is 4.99. The maximum absolute atomic E-state index is 12.9. The second-order valence-corrected chi connectivity index (χ2v) is 7.84. The van der Waals surface area contributed by atoms with Crippen molar-refractivity contribution in [2.24, 2.45) is 7.05 Å². The molecular weight excluding hydrogens is 430 g/mol. The molecular formula is C23H18ClN5O3. The molecule has 1 amide bonds. The molecule has 1 atom stereocenters. The molecule has 0 bridgehead atoms. The largest absolute Gasteiger partial charge is 0.448 e. The molecule has 5 aromatic rings. The van der Waals surface area contributed by atoms with E-state index in [1.807, 2.05) is 41.9 Å². The highest BCUT2D eigenvalue weighted by Gasteiger charge is 2.22. The van der Waals surface area contributed by atoms with E-state index in [-0.39, 0.29) is 18.0 Å². The Bertz CT molecular complexity index is 1500. The first-order valence-electron chi connectivity index (χ1n) is 9.90. The number of nitrogens with zero attached hydrogens (tertiary/aromatic N) is 4. The SMILES string of the molecule is Cn1ccnc1[C@H](NC(=O)Cn1cnc2c(oc3ccccc32)c1=O)c1ccc(Cl)cc1. The lowest BCUT2D eigenvalue weighted by Crippen LogP contribution is -2.36. The number of fused-ring (bicyclic) bond motifs is 3. The molecule has 1 N–H and O–H groups in total. The Morgan fingerprint density at radius 2 is 1.94 bits per heavy atom. The van der Waals surface area contributed by atoms with Gasteiger partial charge in [-0.2, -0.15) is 0 Å². The highest BCUT2D eigenvalue weighted by molar-refractivity contribution is 6.30. The number of imidazole rings is 1. The Morgan fingerprint density at radius 3 is 2.69 bits per heavy atom. The van der Waals surface area contributed by atoms with Crippen molar-refractivity contribution in [1.29, 1.82) is 0 Å². The van der Waals surface area contributed by atoms with Crippen LogP contribution in [0, 0.1) is 0 Å². The van der Waals surface area contributed by atoms with Crippen LogP contribution in [0.1, 0.15) is 17.4 Å². The van der Waals surface area contributed by atoms with E-state index >= 15 is 0 Å². The number of rotatable bonds is 5. The first-order valence-corrected chi connectivity index (χ1v) is 10.3. The van der Waals surface area contributed by atoms with Crippen molar-refractivity contribution in [3.05, 3.63) is 94.0 Å². The number of carbonyl (C=O) groups is 1. The maximum atomic E-state index is 12.9. The van der Waals surface area contributed by atoms with E-state index in [0.717, 1.165) is 10.9 Å². The number of aryl methyl sites for hydroxylation is 1. The van der Waals surface area contributed by atoms with Gasteiger partial charge in [0.2, 0.25) is 11.5 Å². The predicted molar refractivity (Wildman–Crippen MR) is 120 cm³/mol. The number of halogens is 1. The first-order chi connectivity index (χ1) is 15.5. The minimum atomic E-state index is -0.515. The van der Waals surface area contributed by atoms with Gasteiger partial charge in [-0.1, -0.05) is 35.9 Å². The summed E-state index contributed by atoms with van der Waals surface area (Å²) in [4.78, 5) is 34.6. The second kappa shape index (κ2) is 7.97. The van der Waals surface area contributed by atoms with Crippen LogP contribution in [0.3, 0.4) is 0 Å². The molecule has 8 nitrogen and oxygen atoms in total. The van der Waals surface area contributed by atoms with Gasteiger partial charge in [0.05, 0.1) is 6.33 Å². The molecule has 32 heavy (non-hydrogen) atoms. The number of hydrogen-bond donors (Lipinski definition) is 1. The average Bonchev–Trinajstić information content (AvgIpc) is 3.38. The Hall–Kier alpha value is -3.91. The van der Waals surface area contributed by atoms with E-state index in [4.69, 9.17) is 16.0 Å². The zero-order valence-corrected chi connectivity index (χ0v) is 17.8. The minimum Gasteiger partial charge on any atom is -0.448 e. The Labute approximate surface area is 187 Å². The minimum absolute atomic E-state index is 0.125. The third kappa shape index (κ3) is 3.54. The number of aromatic nitrogens is 4. The van der Waals surface area contributed by atoms with Crippen molar-refractivity contribution >= 4 is 39.6 Å². The molecule has 0 unspecified atom stereocenters. The summed E-state index contributed by atoms with van der Waals surface area (Å²) < 4.78 is 8.75. The lowest BCUT2D eigenvalue weighted by molar-refractivity contribution is -0.122. The van der Waals surface area contributed by atoms with Gasteiger partial charge in [0.25, 0.3) is 5.56 Å². The molecule has 0 spiro atoms. The van der Waals surface area contributed by atoms with E-state index in [9.17, 15) is 9.59 Å². The molecule has 5 rings (SSSR count). The van der Waals surface area contributed by atoms with Gasteiger partial charge in [-0.25, -0.2) is 9.97 Å². The van der Waals surface area contributed by atoms with E-state index in [1.54, 1.807) is 30.6 Å². The zero-order chi connectivity index (χ0) is 22.2. The topological polar surface area (TPSA) is 95.0 Å². The van der Waals surface area contributed by atoms with Gasteiger partial charge in [0.15, 0.2) is 0 Å². The molecule has 0 aliphatic carbocycles. The summed E-state index contributed by atoms with van der Waals surface area (Å²) in [6.07, 6.45) is 4.83. The molecule has 0 saturated carbocycles. The van der Waals surface area contributed by atoms with Crippen molar-refractivity contribution in [3.8, 4) is 0 Å². The summed E-state index contributed by atoms with van der Waals surface area (Å²) in [6, 6.07) is 13.9. The van der Waals surface area contributed by atoms with Gasteiger partial charge in [-0.15, -0.1) is 0 Å². The van der Waals surface area contributed by atoms with Crippen LogP contribution < -0.4 is 10.9 Å². The zero-order valence-electron chi connectivity index (χ0n) is 17.0. The van der Waals surface area contributed by atoms with Gasteiger partial charge in [0.1, 0.15) is 29.5 Å². The maximum Gasteiger partial charge on any atom is 0.297 e. The van der Waals surface area contributed by atoms with Gasteiger partial charge in [-0.05, 0) is 29.8 Å². The molecule has 3 aromatic heterocycles. The summed E-state index contributed by atoms with van der Waals surface area (Å²) in [5.41, 5.74) is 1.58. The molecule has 0 aliphatic heterocycles. The quantitative estimate of drug-likeness (QED) is 0.445. The Balaban J connectivity index is 1.45. The summed E-state index contributed by atoms with van der Waals surface area (Å²) in [5.74, 6) is 0.284. The van der Waals surface area contributed by atoms with Gasteiger partial charge in [0, 0.05) is 29.9 Å². The van der Waals surface area contributed by atoms with Crippen molar-refractivity contribution in [2.45, 2.75) is 12.6 Å². The van der Waals surface area contributed by atoms with Crippen LogP contribution in [0.4, 0.5) is 0 Å². The molecule has 0 radical (unpaired) electrons. The third-order valence-electron chi connectivity index (χ3n) is 5.29. The van der Waals surface area contributed by atoms with Crippen molar-refractivity contribution in [2.75, 3.05) is 0 Å². The Morgan fingerprint density at radius 1 is 1.16 bits per heavy atom. The lowest BCUT2D eigenvalue weighted by atomic mass is 10.1. The lowest BCUT2D eigenvalue weighted by Gasteiger charge is -2.19. The number of benzene rings is 2. The van der Waals surface area contributed by atoms with Crippen molar-refractivity contribution in [3.63, 3.8) is 0 Å². The van der Waals surface area contributed by atoms with E-state index < -0.39 is 11.6 Å². The number of hydrogen-bond acceptors (Lipinski definition) is 5. The standard InChI is InChI=1S/C23H18ClN5O3/c1-28-11-10-25-22(28)19(14-6-8-15(24)9-7-14)27-18(30)12-29-13-26-20-16-4-2-3-5-17(16)32-21(20)23(29)31/h2-11,13,19H,12H2,1H3,(H,27,30)/t19-/m1/s1. The normalized spacial score (nSPS) is 12.3. The molecule has 0 aliphatic rings. The van der Waals surface area contributed by atoms with Gasteiger partial charge < -0.3 is 14.3 Å². The summed E-state index contributed by atoms with van der Waals surface area (Å²) in [5, 5.41) is 4.31. The fourth-order valence-corrected chi connectivity index (χ4v) is 3.82. The number of nitrogens with one attached hydrogen (secondary N) is 1. The average molecular weight is 448 g/mol. The second-order valence-electron chi connectivity index (χ2n) is 7.40. The molecule has 160 valence electrons. The number of amides is 1. The van der Waals surface area contributed by atoms with Crippen LogP contribution in [-0.4, -0.2) is 25.0 Å². The predicted octanol–water partition coefficient (Wildman–Crippen LogP) is 3.44. The molecule has 0 saturated heterocycles. The molecule has 3 heterocycles. The van der Waals surface area contributed by atoms with Crippen LogP contribution in [0.5, 0.6) is 0 Å². The third-order valence-corrected chi connectivity index (χ3v) is 5.54. The summed E-state index contributed by atoms with van der Waals surface area (Å²) >= 11 is 6.02. The molecule has 2 aromatic carbocycles. The fourth-order valence-electron chi connectivity index (χ4n) is 3.70. The van der Waals surface area contributed by atoms with E-state index in [0.29, 0.717) is 21.9 Å². The van der Waals surface area contributed by atoms with Crippen LogP contribution in [0.15, 0.2) is 76.5 Å². The van der Waals surface area contributed by atoms with Crippen LogP contribution in [-0.2, 0) is 18.4 Å². The highest BCUT2D eigenvalue weighted by atomic mass is 35.5. The number of furan rings is 1. The van der Waals surface area contributed by atoms with Crippen LogP contribution in [0.25, 0.3) is 22.1 Å². The van der Waals surface area contributed by atoms with Gasteiger partial charge in [-0.3, -0.25) is 14.2 Å². The summed E-state index contributed by atoms with van der Waals surface area (Å²) in [7, 11) is 1.85. The highest BCUT2D eigenvalue weighted by Crippen LogP contribution is 2.24. The monoisotopic (exact) mass is 447 g/mol. The number of carbonyl (C=O) groups excluding carboxylic acids is 1. The molecule has 9 heteroatoms. The smallest absolute Gasteiger partial charge is 0.297 e. The first kappa shape index (κ1) is 20.0. The fraction of sp³-hybridized carbons (Fsp3) is 0.130. The number of para-hydroxylation sites is 1. The van der Waals surface area contributed by atoms with E-state index in [1.165, 1.54) is 10.9 Å². The van der Waals surface area contributed by atoms with E-state index in [2.05, 4.69) is 15.3 Å².